The van der Waals surface area contributed by atoms with Gasteiger partial charge < -0.3 is 14.5 Å². The topological polar surface area (TPSA) is 111 Å². The second kappa shape index (κ2) is 13.5. The largest absolute Gasteiger partial charge is 0.457 e. The summed E-state index contributed by atoms with van der Waals surface area (Å²) in [5, 5.41) is 0. The van der Waals surface area contributed by atoms with Gasteiger partial charge in [-0.1, -0.05) is 32.6 Å². The summed E-state index contributed by atoms with van der Waals surface area (Å²) in [7, 11) is -4.23. The molecule has 0 amide bonds. The monoisotopic (exact) mass is 553 g/mol. The number of ketones is 1. The van der Waals surface area contributed by atoms with Crippen LogP contribution in [0, 0.1) is 0 Å². The van der Waals surface area contributed by atoms with Crippen molar-refractivity contribution in [1.29, 1.82) is 0 Å². The summed E-state index contributed by atoms with van der Waals surface area (Å²) in [6, 6.07) is 18.6. The zero-order chi connectivity index (χ0) is 27.6. The van der Waals surface area contributed by atoms with E-state index >= 15 is 0 Å². The van der Waals surface area contributed by atoms with Gasteiger partial charge in [-0.2, -0.15) is 0 Å². The highest BCUT2D eigenvalue weighted by atomic mass is 32.2. The number of rotatable bonds is 11. The van der Waals surface area contributed by atoms with E-state index in [2.05, 4.69) is 34.6 Å². The summed E-state index contributed by atoms with van der Waals surface area (Å²) >= 11 is 0. The maximum atomic E-state index is 11.7. The predicted octanol–water partition coefficient (Wildman–Crippen LogP) is 5.70. The lowest BCUT2D eigenvalue weighted by Crippen LogP contribution is -2.23. The molecule has 2 aromatic heterocycles. The third-order valence-corrected chi connectivity index (χ3v) is 9.01. The van der Waals surface area contributed by atoms with Crippen LogP contribution in [0.2, 0.25) is 25.7 Å². The predicted molar refractivity (Wildman–Crippen MR) is 152 cm³/mol. The lowest BCUT2D eigenvalue weighted by molar-refractivity contribution is -0.122. The standard InChI is InChI=1S/C15H14N2O3S.C13H21NO2Si/c1-2-21(18,19)13-6-3-11(4-7-13)20-12-5-8-14-15(9-12)17-10-16-14;1-17(2,3)9-8-16-11-13(15)10-12-6-4-5-7-14-12/h3-10H,2H2,1H3,(H,16,17);4-7H,8-11H2,1-3H3. The quantitative estimate of drug-likeness (QED) is 0.187. The number of carbonyl (C=O) groups is 1. The summed E-state index contributed by atoms with van der Waals surface area (Å²) in [6.45, 7) is 9.42. The van der Waals surface area contributed by atoms with Crippen LogP contribution in [-0.4, -0.2) is 56.2 Å². The van der Waals surface area contributed by atoms with Gasteiger partial charge >= 0.3 is 0 Å². The molecule has 4 rings (SSSR count). The molecular weight excluding hydrogens is 518 g/mol. The Morgan fingerprint density at radius 3 is 2.37 bits per heavy atom. The molecular formula is C28H35N3O5SSi. The van der Waals surface area contributed by atoms with E-state index in [1.807, 2.05) is 36.4 Å². The van der Waals surface area contributed by atoms with Crippen molar-refractivity contribution >= 4 is 34.7 Å². The number of carbonyl (C=O) groups excluding carboxylic acids is 1. The molecule has 0 spiro atoms. The van der Waals surface area contributed by atoms with Gasteiger partial charge in [0.25, 0.3) is 0 Å². The number of Topliss-reactive ketones (excluding diaryl/α,β-unsaturated/α-hetero) is 1. The van der Waals surface area contributed by atoms with Crippen LogP contribution in [0.4, 0.5) is 0 Å². The minimum Gasteiger partial charge on any atom is -0.457 e. The van der Waals surface area contributed by atoms with Gasteiger partial charge in [-0.25, -0.2) is 13.4 Å². The summed E-state index contributed by atoms with van der Waals surface area (Å²) in [5.41, 5.74) is 2.57. The number of pyridine rings is 1. The van der Waals surface area contributed by atoms with Crippen LogP contribution in [0.15, 0.2) is 78.1 Å². The first-order chi connectivity index (χ1) is 18.1. The smallest absolute Gasteiger partial charge is 0.178 e. The number of hydrogen-bond acceptors (Lipinski definition) is 7. The van der Waals surface area contributed by atoms with E-state index in [1.54, 1.807) is 43.7 Å². The average Bonchev–Trinajstić information content (AvgIpc) is 3.35. The zero-order valence-corrected chi connectivity index (χ0v) is 24.1. The number of imidazole rings is 1. The van der Waals surface area contributed by atoms with E-state index in [0.717, 1.165) is 22.8 Å². The molecule has 0 saturated carbocycles. The molecule has 0 bridgehead atoms. The van der Waals surface area contributed by atoms with E-state index in [0.29, 0.717) is 29.4 Å². The Labute approximate surface area is 225 Å². The lowest BCUT2D eigenvalue weighted by Gasteiger charge is -2.14. The van der Waals surface area contributed by atoms with Gasteiger partial charge in [-0.3, -0.25) is 9.78 Å². The first-order valence-corrected chi connectivity index (χ1v) is 17.8. The molecule has 2 heterocycles. The SMILES string of the molecule is CCS(=O)(=O)c1ccc(Oc2ccc3nc[nH]c3c2)cc1.C[Si](C)(C)CCOCC(=O)Cc1ccccn1. The van der Waals surface area contributed by atoms with Crippen molar-refractivity contribution in [2.45, 2.75) is 43.9 Å². The molecule has 1 N–H and O–H groups in total. The molecule has 8 nitrogen and oxygen atoms in total. The first kappa shape index (κ1) is 29.2. The fraction of sp³-hybridized carbons (Fsp3) is 0.321. The second-order valence-electron chi connectivity index (χ2n) is 9.96. The number of aromatic nitrogens is 3. The van der Waals surface area contributed by atoms with Gasteiger partial charge in [0.2, 0.25) is 0 Å². The van der Waals surface area contributed by atoms with Crippen LogP contribution in [0.3, 0.4) is 0 Å². The number of ether oxygens (including phenoxy) is 2. The Balaban J connectivity index is 0.000000216. The average molecular weight is 554 g/mol. The number of sulfone groups is 1. The first-order valence-electron chi connectivity index (χ1n) is 12.5. The number of H-pyrrole nitrogens is 1. The van der Waals surface area contributed by atoms with Crippen molar-refractivity contribution in [2.75, 3.05) is 19.0 Å². The van der Waals surface area contributed by atoms with E-state index in [9.17, 15) is 13.2 Å². The van der Waals surface area contributed by atoms with Crippen molar-refractivity contribution < 1.29 is 22.7 Å². The minimum absolute atomic E-state index is 0.0870. The van der Waals surface area contributed by atoms with Gasteiger partial charge in [-0.15, -0.1) is 0 Å². The Morgan fingerprint density at radius 1 is 0.974 bits per heavy atom. The molecule has 0 unspecified atom stereocenters. The Bertz CT molecular complexity index is 1420. The summed E-state index contributed by atoms with van der Waals surface area (Å²) in [6.07, 6.45) is 3.70. The molecule has 0 radical (unpaired) electrons. The van der Waals surface area contributed by atoms with Crippen molar-refractivity contribution in [1.82, 2.24) is 15.0 Å². The van der Waals surface area contributed by atoms with Crippen molar-refractivity contribution in [3.8, 4) is 11.5 Å². The van der Waals surface area contributed by atoms with E-state index in [-0.39, 0.29) is 18.1 Å². The number of nitrogens with zero attached hydrogens (tertiary/aromatic N) is 2. The number of aromatic amines is 1. The van der Waals surface area contributed by atoms with Gasteiger partial charge in [0.1, 0.15) is 18.1 Å². The fourth-order valence-corrected chi connectivity index (χ4v) is 4.96. The molecule has 2 aromatic carbocycles. The van der Waals surface area contributed by atoms with Gasteiger partial charge in [0, 0.05) is 32.6 Å². The van der Waals surface area contributed by atoms with Crippen molar-refractivity contribution in [3.63, 3.8) is 0 Å². The maximum absolute atomic E-state index is 11.7. The zero-order valence-electron chi connectivity index (χ0n) is 22.3. The third kappa shape index (κ3) is 9.51. The Kier molecular flexibility index (Phi) is 10.3. The van der Waals surface area contributed by atoms with Crippen molar-refractivity contribution in [2.24, 2.45) is 0 Å². The van der Waals surface area contributed by atoms with Gasteiger partial charge in [-0.05, 0) is 54.6 Å². The minimum atomic E-state index is -3.18. The van der Waals surface area contributed by atoms with E-state index in [1.165, 1.54) is 0 Å². The van der Waals surface area contributed by atoms with Crippen LogP contribution in [0.5, 0.6) is 11.5 Å². The highest BCUT2D eigenvalue weighted by molar-refractivity contribution is 7.91. The Hall–Kier alpha value is -3.34. The van der Waals surface area contributed by atoms with Crippen LogP contribution in [0.25, 0.3) is 11.0 Å². The van der Waals surface area contributed by atoms with Crippen LogP contribution in [0.1, 0.15) is 12.6 Å². The molecule has 0 aliphatic rings. The molecule has 10 heteroatoms. The normalized spacial score (nSPS) is 11.6. The maximum Gasteiger partial charge on any atom is 0.178 e. The van der Waals surface area contributed by atoms with Gasteiger partial charge in [0.05, 0.1) is 34.4 Å². The summed E-state index contributed by atoms with van der Waals surface area (Å²) in [4.78, 5) is 23.2. The highest BCUT2D eigenvalue weighted by Gasteiger charge is 2.13. The third-order valence-electron chi connectivity index (χ3n) is 5.55. The molecule has 0 atom stereocenters. The molecule has 0 saturated heterocycles. The van der Waals surface area contributed by atoms with Crippen LogP contribution < -0.4 is 4.74 Å². The molecule has 38 heavy (non-hydrogen) atoms. The van der Waals surface area contributed by atoms with Crippen LogP contribution in [-0.2, 0) is 25.8 Å². The van der Waals surface area contributed by atoms with Crippen LogP contribution >= 0.6 is 0 Å². The summed E-state index contributed by atoms with van der Waals surface area (Å²) < 4.78 is 34.6. The highest BCUT2D eigenvalue weighted by Crippen LogP contribution is 2.25. The fourth-order valence-electron chi connectivity index (χ4n) is 3.32. The number of fused-ring (bicyclic) bond motifs is 1. The molecule has 202 valence electrons. The molecule has 4 aromatic rings. The lowest BCUT2D eigenvalue weighted by atomic mass is 10.2. The molecule has 0 aliphatic carbocycles. The molecule has 0 fully saturated rings. The number of hydrogen-bond donors (Lipinski definition) is 1. The van der Waals surface area contributed by atoms with E-state index in [4.69, 9.17) is 9.47 Å². The van der Waals surface area contributed by atoms with E-state index < -0.39 is 17.9 Å². The summed E-state index contributed by atoms with van der Waals surface area (Å²) in [5.74, 6) is 1.44. The molecule has 0 aliphatic heterocycles. The Morgan fingerprint density at radius 2 is 1.71 bits per heavy atom. The van der Waals surface area contributed by atoms with Crippen molar-refractivity contribution in [3.05, 3.63) is 78.9 Å². The number of benzene rings is 2. The second-order valence-corrected chi connectivity index (χ2v) is 17.9. The number of nitrogens with one attached hydrogen (secondary N) is 1. The van der Waals surface area contributed by atoms with Gasteiger partial charge in [0.15, 0.2) is 15.6 Å².